The number of rotatable bonds is 5. The molecule has 0 fully saturated rings. The first-order valence-electron chi connectivity index (χ1n) is 5.34. The highest BCUT2D eigenvalue weighted by molar-refractivity contribution is 5.12. The van der Waals surface area contributed by atoms with Crippen LogP contribution in [0.5, 0.6) is 0 Å². The van der Waals surface area contributed by atoms with Gasteiger partial charge in [-0.25, -0.2) is 0 Å². The molecule has 0 bridgehead atoms. The fraction of sp³-hybridized carbons (Fsp3) is 0.583. The van der Waals surface area contributed by atoms with Crippen LogP contribution in [0.2, 0.25) is 0 Å². The Balaban J connectivity index is 2.59. The lowest BCUT2D eigenvalue weighted by Crippen LogP contribution is -2.46. The first-order valence-corrected chi connectivity index (χ1v) is 5.34. The van der Waals surface area contributed by atoms with Crippen molar-refractivity contribution < 1.29 is 4.74 Å². The van der Waals surface area contributed by atoms with E-state index in [9.17, 15) is 0 Å². The highest BCUT2D eigenvalue weighted by Gasteiger charge is 2.26. The minimum Gasteiger partial charge on any atom is -0.374 e. The normalized spacial score (nSPS) is 13.9. The second-order valence-corrected chi connectivity index (χ2v) is 4.20. The van der Waals surface area contributed by atoms with Gasteiger partial charge in [-0.05, 0) is 44.9 Å². The molecule has 15 heavy (non-hydrogen) atoms. The van der Waals surface area contributed by atoms with Crippen LogP contribution in [0.1, 0.15) is 26.3 Å². The molecule has 1 rings (SSSR count). The third-order valence-corrected chi connectivity index (χ3v) is 2.61. The van der Waals surface area contributed by atoms with E-state index in [1.165, 1.54) is 5.56 Å². The fourth-order valence-corrected chi connectivity index (χ4v) is 1.50. The molecule has 0 aliphatic carbocycles. The summed E-state index contributed by atoms with van der Waals surface area (Å²) in [5, 5.41) is 0. The van der Waals surface area contributed by atoms with Gasteiger partial charge < -0.3 is 10.5 Å². The average Bonchev–Trinajstić information content (AvgIpc) is 2.19. The second kappa shape index (κ2) is 5.24. The van der Waals surface area contributed by atoms with Crippen LogP contribution in [-0.4, -0.2) is 23.2 Å². The number of aromatic nitrogens is 1. The number of ether oxygens (including phenoxy) is 1. The maximum absolute atomic E-state index is 6.12. The molecular formula is C12H20N2O. The molecule has 1 unspecified atom stereocenters. The van der Waals surface area contributed by atoms with Gasteiger partial charge in [0.25, 0.3) is 0 Å². The summed E-state index contributed by atoms with van der Waals surface area (Å²) in [4.78, 5) is 3.98. The van der Waals surface area contributed by atoms with Gasteiger partial charge in [-0.3, -0.25) is 4.98 Å². The summed E-state index contributed by atoms with van der Waals surface area (Å²) >= 11 is 0. The zero-order valence-corrected chi connectivity index (χ0v) is 9.73. The van der Waals surface area contributed by atoms with Crippen molar-refractivity contribution in [3.63, 3.8) is 0 Å². The van der Waals surface area contributed by atoms with Gasteiger partial charge >= 0.3 is 0 Å². The maximum atomic E-state index is 6.12. The Hall–Kier alpha value is -0.930. The van der Waals surface area contributed by atoms with Crippen LogP contribution < -0.4 is 5.73 Å². The number of pyridine rings is 1. The van der Waals surface area contributed by atoms with Crippen LogP contribution in [0.4, 0.5) is 0 Å². The summed E-state index contributed by atoms with van der Waals surface area (Å²) in [6, 6.07) is 3.98. The van der Waals surface area contributed by atoms with Gasteiger partial charge in [0.2, 0.25) is 0 Å². The van der Waals surface area contributed by atoms with E-state index in [-0.39, 0.29) is 11.6 Å². The molecule has 1 aromatic heterocycles. The molecule has 0 aromatic carbocycles. The molecule has 1 aromatic rings. The highest BCUT2D eigenvalue weighted by atomic mass is 16.5. The van der Waals surface area contributed by atoms with Crippen molar-refractivity contribution in [2.24, 2.45) is 5.73 Å². The summed E-state index contributed by atoms with van der Waals surface area (Å²) < 4.78 is 5.62. The zero-order valence-electron chi connectivity index (χ0n) is 9.73. The van der Waals surface area contributed by atoms with E-state index >= 15 is 0 Å². The lowest BCUT2D eigenvalue weighted by molar-refractivity contribution is -0.0288. The van der Waals surface area contributed by atoms with Crippen LogP contribution in [-0.2, 0) is 11.2 Å². The smallest absolute Gasteiger partial charge is 0.0779 e. The molecule has 0 aliphatic heterocycles. The Kier molecular flexibility index (Phi) is 4.24. The van der Waals surface area contributed by atoms with E-state index in [2.05, 4.69) is 4.98 Å². The average molecular weight is 208 g/mol. The molecule has 0 saturated carbocycles. The third kappa shape index (κ3) is 3.61. The Bertz CT molecular complexity index is 285. The van der Waals surface area contributed by atoms with Crippen LogP contribution >= 0.6 is 0 Å². The molecule has 0 spiro atoms. The SMILES string of the molecule is CCOC(C)(C)C(N)Cc1ccncc1. The molecule has 3 heteroatoms. The first kappa shape index (κ1) is 12.1. The van der Waals surface area contributed by atoms with Crippen molar-refractivity contribution in [1.29, 1.82) is 0 Å². The fourth-order valence-electron chi connectivity index (χ4n) is 1.50. The van der Waals surface area contributed by atoms with Crippen LogP contribution in [0.3, 0.4) is 0 Å². The van der Waals surface area contributed by atoms with Crippen LogP contribution in [0.25, 0.3) is 0 Å². The number of nitrogens with two attached hydrogens (primary N) is 1. The molecule has 1 heterocycles. The van der Waals surface area contributed by atoms with E-state index in [0.29, 0.717) is 6.61 Å². The minimum atomic E-state index is -0.280. The summed E-state index contributed by atoms with van der Waals surface area (Å²) in [5.74, 6) is 0. The minimum absolute atomic E-state index is 0.000139. The number of hydrogen-bond donors (Lipinski definition) is 1. The summed E-state index contributed by atoms with van der Waals surface area (Å²) in [6.07, 6.45) is 4.39. The van der Waals surface area contributed by atoms with E-state index in [4.69, 9.17) is 10.5 Å². The summed E-state index contributed by atoms with van der Waals surface area (Å²) in [5.41, 5.74) is 7.04. The molecule has 2 N–H and O–H groups in total. The highest BCUT2D eigenvalue weighted by Crippen LogP contribution is 2.16. The van der Waals surface area contributed by atoms with Crippen molar-refractivity contribution in [3.8, 4) is 0 Å². The predicted octanol–water partition coefficient (Wildman–Crippen LogP) is 1.77. The van der Waals surface area contributed by atoms with Gasteiger partial charge in [0.1, 0.15) is 0 Å². The molecule has 0 amide bonds. The van der Waals surface area contributed by atoms with Crippen LogP contribution in [0, 0.1) is 0 Å². The van der Waals surface area contributed by atoms with E-state index in [1.54, 1.807) is 12.4 Å². The molecule has 0 saturated heterocycles. The Labute approximate surface area is 91.7 Å². The van der Waals surface area contributed by atoms with Crippen LogP contribution in [0.15, 0.2) is 24.5 Å². The monoisotopic (exact) mass is 208 g/mol. The molecule has 84 valence electrons. The molecular weight excluding hydrogens is 188 g/mol. The molecule has 0 aliphatic rings. The summed E-state index contributed by atoms with van der Waals surface area (Å²) in [7, 11) is 0. The Morgan fingerprint density at radius 3 is 2.53 bits per heavy atom. The molecule has 3 nitrogen and oxygen atoms in total. The largest absolute Gasteiger partial charge is 0.374 e. The van der Waals surface area contributed by atoms with Crippen molar-refractivity contribution in [3.05, 3.63) is 30.1 Å². The third-order valence-electron chi connectivity index (χ3n) is 2.61. The zero-order chi connectivity index (χ0) is 11.3. The van der Waals surface area contributed by atoms with Crippen molar-refractivity contribution >= 4 is 0 Å². The second-order valence-electron chi connectivity index (χ2n) is 4.20. The predicted molar refractivity (Wildman–Crippen MR) is 61.6 cm³/mol. The maximum Gasteiger partial charge on any atom is 0.0779 e. The topological polar surface area (TPSA) is 48.1 Å². The van der Waals surface area contributed by atoms with Crippen molar-refractivity contribution in [2.75, 3.05) is 6.61 Å². The van der Waals surface area contributed by atoms with E-state index in [1.807, 2.05) is 32.9 Å². The van der Waals surface area contributed by atoms with Gasteiger partial charge in [-0.1, -0.05) is 0 Å². The van der Waals surface area contributed by atoms with Crippen molar-refractivity contribution in [1.82, 2.24) is 4.98 Å². The molecule has 1 atom stereocenters. The van der Waals surface area contributed by atoms with E-state index < -0.39 is 0 Å². The molecule has 0 radical (unpaired) electrons. The van der Waals surface area contributed by atoms with Crippen molar-refractivity contribution in [2.45, 2.75) is 38.8 Å². The quantitative estimate of drug-likeness (QED) is 0.802. The number of hydrogen-bond acceptors (Lipinski definition) is 3. The van der Waals surface area contributed by atoms with Gasteiger partial charge in [0.15, 0.2) is 0 Å². The van der Waals surface area contributed by atoms with Gasteiger partial charge in [-0.2, -0.15) is 0 Å². The number of nitrogens with zero attached hydrogens (tertiary/aromatic N) is 1. The lowest BCUT2D eigenvalue weighted by Gasteiger charge is -2.31. The van der Waals surface area contributed by atoms with Gasteiger partial charge in [-0.15, -0.1) is 0 Å². The standard InChI is InChI=1S/C12H20N2O/c1-4-15-12(2,3)11(13)9-10-5-7-14-8-6-10/h5-8,11H,4,9,13H2,1-3H3. The Morgan fingerprint density at radius 2 is 2.00 bits per heavy atom. The lowest BCUT2D eigenvalue weighted by atomic mass is 9.93. The van der Waals surface area contributed by atoms with E-state index in [0.717, 1.165) is 6.42 Å². The summed E-state index contributed by atoms with van der Waals surface area (Å²) in [6.45, 7) is 6.74. The first-order chi connectivity index (χ1) is 7.06. The van der Waals surface area contributed by atoms with Gasteiger partial charge in [0.05, 0.1) is 5.60 Å². The van der Waals surface area contributed by atoms with Gasteiger partial charge in [0, 0.05) is 25.0 Å². The Morgan fingerprint density at radius 1 is 1.40 bits per heavy atom.